The molecule has 2 aromatic rings. The molecule has 5 rings (SSSR count). The van der Waals surface area contributed by atoms with E-state index in [-0.39, 0.29) is 5.92 Å². The van der Waals surface area contributed by atoms with Gasteiger partial charge in [-0.15, -0.1) is 0 Å². The standard InChI is InChI=1S/C21H29N5O/c1-14(2)20-23-21(27-24-20)17-5-6-22-19(13-17)26-9-7-25(8-10-26)18-12-15-3-4-16(18)11-15/h5-6,13-16,18H,3-4,7-12H2,1-2H3. The largest absolute Gasteiger partial charge is 0.354 e. The van der Waals surface area contributed by atoms with Gasteiger partial charge in [-0.3, -0.25) is 4.90 Å². The first-order chi connectivity index (χ1) is 13.2. The van der Waals surface area contributed by atoms with Crippen molar-refractivity contribution in [2.75, 3.05) is 31.1 Å². The predicted octanol–water partition coefficient (Wildman–Crippen LogP) is 3.57. The van der Waals surface area contributed by atoms with Gasteiger partial charge in [-0.1, -0.05) is 25.4 Å². The molecular formula is C21H29N5O. The van der Waals surface area contributed by atoms with Crippen molar-refractivity contribution in [3.63, 3.8) is 0 Å². The van der Waals surface area contributed by atoms with E-state index in [1.165, 1.54) is 25.7 Å². The van der Waals surface area contributed by atoms with E-state index in [0.717, 1.165) is 61.3 Å². The molecule has 1 saturated heterocycles. The first-order valence-corrected chi connectivity index (χ1v) is 10.5. The minimum atomic E-state index is 0.266. The predicted molar refractivity (Wildman–Crippen MR) is 105 cm³/mol. The molecule has 0 spiro atoms. The third-order valence-corrected chi connectivity index (χ3v) is 6.76. The number of piperazine rings is 1. The van der Waals surface area contributed by atoms with Gasteiger partial charge in [0.2, 0.25) is 0 Å². The first-order valence-electron chi connectivity index (χ1n) is 10.5. The second-order valence-electron chi connectivity index (χ2n) is 8.78. The average Bonchev–Trinajstić information content (AvgIpc) is 3.45. The molecule has 0 N–H and O–H groups in total. The molecule has 1 aliphatic heterocycles. The number of pyridine rings is 1. The van der Waals surface area contributed by atoms with Crippen LogP contribution in [0.5, 0.6) is 0 Å². The summed E-state index contributed by atoms with van der Waals surface area (Å²) in [5, 5.41) is 4.08. The topological polar surface area (TPSA) is 58.3 Å². The van der Waals surface area contributed by atoms with E-state index in [1.807, 2.05) is 12.3 Å². The van der Waals surface area contributed by atoms with Crippen LogP contribution in [0, 0.1) is 11.8 Å². The summed E-state index contributed by atoms with van der Waals surface area (Å²) >= 11 is 0. The van der Waals surface area contributed by atoms with Crippen LogP contribution in [0.2, 0.25) is 0 Å². The molecule has 0 radical (unpaired) electrons. The van der Waals surface area contributed by atoms with E-state index >= 15 is 0 Å². The van der Waals surface area contributed by atoms with Crippen molar-refractivity contribution in [3.8, 4) is 11.5 Å². The maximum absolute atomic E-state index is 5.45. The second kappa shape index (κ2) is 6.89. The highest BCUT2D eigenvalue weighted by Gasteiger charge is 2.42. The monoisotopic (exact) mass is 367 g/mol. The highest BCUT2D eigenvalue weighted by Crippen LogP contribution is 2.46. The molecule has 3 atom stereocenters. The summed E-state index contributed by atoms with van der Waals surface area (Å²) in [7, 11) is 0. The lowest BCUT2D eigenvalue weighted by atomic mass is 9.93. The van der Waals surface area contributed by atoms with Gasteiger partial charge in [0.15, 0.2) is 5.82 Å². The Hall–Kier alpha value is -1.95. The Labute approximate surface area is 161 Å². The van der Waals surface area contributed by atoms with Crippen molar-refractivity contribution < 1.29 is 4.52 Å². The molecule has 6 nitrogen and oxygen atoms in total. The quantitative estimate of drug-likeness (QED) is 0.823. The molecule has 3 unspecified atom stereocenters. The molecule has 2 aromatic heterocycles. The summed E-state index contributed by atoms with van der Waals surface area (Å²) in [6.07, 6.45) is 7.71. The summed E-state index contributed by atoms with van der Waals surface area (Å²) in [6, 6.07) is 4.88. The fourth-order valence-corrected chi connectivity index (χ4v) is 5.25. The van der Waals surface area contributed by atoms with E-state index in [9.17, 15) is 0 Å². The number of hydrogen-bond acceptors (Lipinski definition) is 6. The smallest absolute Gasteiger partial charge is 0.258 e. The molecule has 3 heterocycles. The van der Waals surface area contributed by atoms with Gasteiger partial charge in [0.25, 0.3) is 5.89 Å². The van der Waals surface area contributed by atoms with Crippen molar-refractivity contribution in [2.24, 2.45) is 11.8 Å². The van der Waals surface area contributed by atoms with Crippen molar-refractivity contribution in [1.29, 1.82) is 0 Å². The highest BCUT2D eigenvalue weighted by atomic mass is 16.5. The molecule has 2 aliphatic carbocycles. The molecule has 3 fully saturated rings. The maximum atomic E-state index is 5.45. The summed E-state index contributed by atoms with van der Waals surface area (Å²) in [4.78, 5) is 14.3. The van der Waals surface area contributed by atoms with Gasteiger partial charge in [0.1, 0.15) is 5.82 Å². The fourth-order valence-electron chi connectivity index (χ4n) is 5.25. The first kappa shape index (κ1) is 17.2. The summed E-state index contributed by atoms with van der Waals surface area (Å²) in [6.45, 7) is 8.54. The zero-order valence-electron chi connectivity index (χ0n) is 16.3. The Morgan fingerprint density at radius 1 is 1.11 bits per heavy atom. The summed E-state index contributed by atoms with van der Waals surface area (Å²) < 4.78 is 5.45. The molecule has 6 heteroatoms. The number of rotatable bonds is 4. The van der Waals surface area contributed by atoms with E-state index < -0.39 is 0 Å². The Kier molecular flexibility index (Phi) is 4.38. The molecule has 2 bridgehead atoms. The number of fused-ring (bicyclic) bond motifs is 2. The van der Waals surface area contributed by atoms with Crippen molar-refractivity contribution in [1.82, 2.24) is 20.0 Å². The molecule has 2 saturated carbocycles. The van der Waals surface area contributed by atoms with Crippen LogP contribution in [-0.4, -0.2) is 52.2 Å². The van der Waals surface area contributed by atoms with Gasteiger partial charge in [-0.2, -0.15) is 4.98 Å². The Bertz CT molecular complexity index is 795. The Morgan fingerprint density at radius 3 is 2.63 bits per heavy atom. The number of nitrogens with zero attached hydrogens (tertiary/aromatic N) is 5. The molecule has 144 valence electrons. The van der Waals surface area contributed by atoms with Crippen LogP contribution >= 0.6 is 0 Å². The van der Waals surface area contributed by atoms with Gasteiger partial charge >= 0.3 is 0 Å². The second-order valence-corrected chi connectivity index (χ2v) is 8.78. The van der Waals surface area contributed by atoms with Crippen LogP contribution in [0.3, 0.4) is 0 Å². The zero-order valence-corrected chi connectivity index (χ0v) is 16.3. The molecule has 0 amide bonds. The number of hydrogen-bond donors (Lipinski definition) is 0. The average molecular weight is 367 g/mol. The Balaban J connectivity index is 1.26. The van der Waals surface area contributed by atoms with Crippen molar-refractivity contribution in [3.05, 3.63) is 24.2 Å². The fraction of sp³-hybridized carbons (Fsp3) is 0.667. The minimum Gasteiger partial charge on any atom is -0.354 e. The van der Waals surface area contributed by atoms with Crippen LogP contribution < -0.4 is 4.90 Å². The SMILES string of the molecule is CC(C)c1noc(-c2ccnc(N3CCN(C4CC5CCC4C5)CC3)c2)n1. The van der Waals surface area contributed by atoms with Gasteiger partial charge in [0, 0.05) is 49.9 Å². The van der Waals surface area contributed by atoms with Crippen LogP contribution in [0.25, 0.3) is 11.5 Å². The third-order valence-electron chi connectivity index (χ3n) is 6.76. The molecule has 0 aromatic carbocycles. The van der Waals surface area contributed by atoms with Crippen LogP contribution in [-0.2, 0) is 0 Å². The van der Waals surface area contributed by atoms with E-state index in [0.29, 0.717) is 5.89 Å². The van der Waals surface area contributed by atoms with E-state index in [1.54, 1.807) is 0 Å². The lowest BCUT2D eigenvalue weighted by Crippen LogP contribution is -2.52. The molecule has 27 heavy (non-hydrogen) atoms. The van der Waals surface area contributed by atoms with Crippen LogP contribution in [0.4, 0.5) is 5.82 Å². The maximum Gasteiger partial charge on any atom is 0.258 e. The van der Waals surface area contributed by atoms with Gasteiger partial charge in [-0.25, -0.2) is 4.98 Å². The Morgan fingerprint density at radius 2 is 1.96 bits per heavy atom. The van der Waals surface area contributed by atoms with Gasteiger partial charge in [0.05, 0.1) is 0 Å². The lowest BCUT2D eigenvalue weighted by Gasteiger charge is -2.41. The van der Waals surface area contributed by atoms with Crippen LogP contribution in [0.1, 0.15) is 51.3 Å². The van der Waals surface area contributed by atoms with Crippen LogP contribution in [0.15, 0.2) is 22.9 Å². The third kappa shape index (κ3) is 3.24. The normalized spacial score (nSPS) is 28.4. The molecule has 3 aliphatic rings. The number of anilines is 1. The zero-order chi connectivity index (χ0) is 18.4. The van der Waals surface area contributed by atoms with Crippen molar-refractivity contribution >= 4 is 5.82 Å². The van der Waals surface area contributed by atoms with Gasteiger partial charge in [-0.05, 0) is 43.2 Å². The lowest BCUT2D eigenvalue weighted by molar-refractivity contribution is 0.134. The highest BCUT2D eigenvalue weighted by molar-refractivity contribution is 5.58. The molecular weight excluding hydrogens is 338 g/mol. The van der Waals surface area contributed by atoms with E-state index in [4.69, 9.17) is 4.52 Å². The summed E-state index contributed by atoms with van der Waals surface area (Å²) in [5.74, 6) is 4.61. The number of aromatic nitrogens is 3. The van der Waals surface area contributed by atoms with E-state index in [2.05, 4.69) is 44.8 Å². The minimum absolute atomic E-state index is 0.266. The summed E-state index contributed by atoms with van der Waals surface area (Å²) in [5.41, 5.74) is 0.954. The van der Waals surface area contributed by atoms with Crippen molar-refractivity contribution in [2.45, 2.75) is 51.5 Å². The van der Waals surface area contributed by atoms with Gasteiger partial charge < -0.3 is 9.42 Å².